The molecule has 0 unspecified atom stereocenters. The Bertz CT molecular complexity index is 1070. The molecular formula is C22H27N5O4. The Hall–Kier alpha value is -2.59. The van der Waals surface area contributed by atoms with Gasteiger partial charge in [0.25, 0.3) is 0 Å². The van der Waals surface area contributed by atoms with Gasteiger partial charge < -0.3 is 24.6 Å². The van der Waals surface area contributed by atoms with Crippen molar-refractivity contribution in [3.63, 3.8) is 0 Å². The van der Waals surface area contributed by atoms with E-state index < -0.39 is 18.1 Å². The Morgan fingerprint density at radius 2 is 1.90 bits per heavy atom. The van der Waals surface area contributed by atoms with Crippen molar-refractivity contribution in [3.8, 4) is 0 Å². The molecule has 4 atom stereocenters. The first-order valence-electron chi connectivity index (χ1n) is 10.6. The molecule has 0 bridgehead atoms. The zero-order valence-corrected chi connectivity index (χ0v) is 17.9. The van der Waals surface area contributed by atoms with Crippen molar-refractivity contribution in [2.45, 2.75) is 64.1 Å². The molecule has 1 aromatic carbocycles. The van der Waals surface area contributed by atoms with Gasteiger partial charge in [0.05, 0.1) is 12.9 Å². The topological polar surface area (TPSA) is 104 Å². The van der Waals surface area contributed by atoms with Crippen LogP contribution in [0.25, 0.3) is 11.2 Å². The number of hydrogen-bond acceptors (Lipinski definition) is 8. The Balaban J connectivity index is 1.50. The summed E-state index contributed by atoms with van der Waals surface area (Å²) in [6.45, 7) is 6.23. The molecule has 2 aliphatic heterocycles. The van der Waals surface area contributed by atoms with E-state index in [0.717, 1.165) is 5.56 Å². The maximum atomic E-state index is 9.80. The zero-order chi connectivity index (χ0) is 21.6. The van der Waals surface area contributed by atoms with Gasteiger partial charge in [0.15, 0.2) is 29.0 Å². The summed E-state index contributed by atoms with van der Waals surface area (Å²) >= 11 is 0. The van der Waals surface area contributed by atoms with Crippen LogP contribution < -0.4 is 5.32 Å². The summed E-state index contributed by atoms with van der Waals surface area (Å²) in [7, 11) is 0. The number of rotatable bonds is 6. The number of anilines is 1. The third-order valence-electron chi connectivity index (χ3n) is 5.67. The molecule has 2 aromatic heterocycles. The molecule has 164 valence electrons. The second-order valence-electron chi connectivity index (χ2n) is 8.32. The number of aromatic nitrogens is 4. The largest absolute Gasteiger partial charge is 0.394 e. The number of aliphatic hydroxyl groups is 1. The lowest BCUT2D eigenvalue weighted by atomic mass is 10.1. The first-order chi connectivity index (χ1) is 15.0. The van der Waals surface area contributed by atoms with Crippen LogP contribution in [0.1, 0.15) is 38.4 Å². The third kappa shape index (κ3) is 3.67. The van der Waals surface area contributed by atoms with Crippen molar-refractivity contribution in [2.24, 2.45) is 0 Å². The lowest BCUT2D eigenvalue weighted by molar-refractivity contribution is -0.199. The quantitative estimate of drug-likeness (QED) is 0.621. The lowest BCUT2D eigenvalue weighted by Crippen LogP contribution is -2.31. The van der Waals surface area contributed by atoms with Gasteiger partial charge in [-0.3, -0.25) is 4.57 Å². The molecule has 5 rings (SSSR count). The second kappa shape index (κ2) is 7.83. The number of imidazole rings is 1. The highest BCUT2D eigenvalue weighted by Gasteiger charge is 2.56. The standard InChI is InChI=1S/C22H27N5O4/c1-4-15-25-19(23-10-13-8-6-5-7-9-13)16-20(26-15)27(12-24-16)21-18-17(14(11-28)29-21)30-22(2,3)31-18/h5-9,12,14,17-18,21,28H,4,10-11H2,1-3H3,(H,23,25,26)/t14-,17-,18-,21-/m1/s1. The summed E-state index contributed by atoms with van der Waals surface area (Å²) in [5.41, 5.74) is 2.48. The monoisotopic (exact) mass is 425 g/mol. The molecule has 0 spiro atoms. The molecule has 9 heteroatoms. The lowest BCUT2D eigenvalue weighted by Gasteiger charge is -2.24. The minimum absolute atomic E-state index is 0.150. The predicted molar refractivity (Wildman–Crippen MR) is 113 cm³/mol. The molecule has 2 saturated heterocycles. The van der Waals surface area contributed by atoms with Crippen LogP contribution in [-0.4, -0.2) is 55.3 Å². The fourth-order valence-corrected chi connectivity index (χ4v) is 4.24. The predicted octanol–water partition coefficient (Wildman–Crippen LogP) is 2.41. The molecule has 9 nitrogen and oxygen atoms in total. The number of benzene rings is 1. The maximum Gasteiger partial charge on any atom is 0.167 e. The summed E-state index contributed by atoms with van der Waals surface area (Å²) in [5, 5.41) is 13.2. The van der Waals surface area contributed by atoms with E-state index in [-0.39, 0.29) is 18.8 Å². The van der Waals surface area contributed by atoms with Crippen LogP contribution in [-0.2, 0) is 27.2 Å². The van der Waals surface area contributed by atoms with Crippen molar-refractivity contribution in [2.75, 3.05) is 11.9 Å². The number of hydrogen-bond donors (Lipinski definition) is 2. The summed E-state index contributed by atoms with van der Waals surface area (Å²) in [4.78, 5) is 14.0. The van der Waals surface area contributed by atoms with E-state index in [1.165, 1.54) is 0 Å². The number of aryl methyl sites for hydroxylation is 1. The van der Waals surface area contributed by atoms with Crippen molar-refractivity contribution in [1.29, 1.82) is 0 Å². The van der Waals surface area contributed by atoms with Crippen LogP contribution >= 0.6 is 0 Å². The fraction of sp³-hybridized carbons (Fsp3) is 0.500. The Kier molecular flexibility index (Phi) is 5.13. The maximum absolute atomic E-state index is 9.80. The Labute approximate surface area is 180 Å². The first kappa shape index (κ1) is 20.3. The normalized spacial score (nSPS) is 27.0. The van der Waals surface area contributed by atoms with Crippen molar-refractivity contribution in [1.82, 2.24) is 19.5 Å². The fourth-order valence-electron chi connectivity index (χ4n) is 4.24. The highest BCUT2D eigenvalue weighted by Crippen LogP contribution is 2.43. The summed E-state index contributed by atoms with van der Waals surface area (Å²) in [5.74, 6) is 0.649. The minimum atomic E-state index is -0.743. The van der Waals surface area contributed by atoms with Gasteiger partial charge in [-0.05, 0) is 19.4 Å². The van der Waals surface area contributed by atoms with Crippen LogP contribution in [0.2, 0.25) is 0 Å². The van der Waals surface area contributed by atoms with Crippen LogP contribution in [0.4, 0.5) is 5.82 Å². The SMILES string of the molecule is CCc1nc(NCc2ccccc2)c2ncn([C@@H]3O[C@H](CO)[C@H]4OC(C)(C)O[C@H]43)c2n1. The number of ether oxygens (including phenoxy) is 3. The summed E-state index contributed by atoms with van der Waals surface area (Å²) in [6.07, 6.45) is 0.677. The molecular weight excluding hydrogens is 398 g/mol. The van der Waals surface area contributed by atoms with E-state index in [9.17, 15) is 5.11 Å². The highest BCUT2D eigenvalue weighted by atomic mass is 16.8. The van der Waals surface area contributed by atoms with E-state index in [4.69, 9.17) is 19.2 Å². The molecule has 2 fully saturated rings. The van der Waals surface area contributed by atoms with Crippen LogP contribution in [0.5, 0.6) is 0 Å². The molecule has 3 aromatic rings. The first-order valence-corrected chi connectivity index (χ1v) is 10.6. The van der Waals surface area contributed by atoms with Gasteiger partial charge in [-0.15, -0.1) is 0 Å². The van der Waals surface area contributed by atoms with Crippen LogP contribution in [0.15, 0.2) is 36.7 Å². The summed E-state index contributed by atoms with van der Waals surface area (Å²) in [6, 6.07) is 10.1. The van der Waals surface area contributed by atoms with Gasteiger partial charge in [0.1, 0.15) is 24.1 Å². The van der Waals surface area contributed by atoms with E-state index in [0.29, 0.717) is 35.8 Å². The molecule has 0 radical (unpaired) electrons. The molecule has 0 aliphatic carbocycles. The van der Waals surface area contributed by atoms with Gasteiger partial charge in [-0.2, -0.15) is 0 Å². The zero-order valence-electron chi connectivity index (χ0n) is 17.9. The van der Waals surface area contributed by atoms with Crippen molar-refractivity contribution < 1.29 is 19.3 Å². The molecule has 2 N–H and O–H groups in total. The number of nitrogens with one attached hydrogen (secondary N) is 1. The van der Waals surface area contributed by atoms with Gasteiger partial charge in [0, 0.05) is 13.0 Å². The van der Waals surface area contributed by atoms with Crippen molar-refractivity contribution in [3.05, 3.63) is 48.0 Å². The molecule has 4 heterocycles. The average molecular weight is 425 g/mol. The van der Waals surface area contributed by atoms with Gasteiger partial charge >= 0.3 is 0 Å². The van der Waals surface area contributed by atoms with E-state index in [2.05, 4.69) is 27.4 Å². The highest BCUT2D eigenvalue weighted by molar-refractivity contribution is 5.83. The van der Waals surface area contributed by atoms with Gasteiger partial charge in [-0.25, -0.2) is 15.0 Å². The molecule has 0 amide bonds. The van der Waals surface area contributed by atoms with Crippen LogP contribution in [0, 0.1) is 0 Å². The number of fused-ring (bicyclic) bond motifs is 2. The molecule has 2 aliphatic rings. The molecule has 0 saturated carbocycles. The van der Waals surface area contributed by atoms with E-state index in [1.807, 2.05) is 43.5 Å². The smallest absolute Gasteiger partial charge is 0.167 e. The number of nitrogens with zero attached hydrogens (tertiary/aromatic N) is 4. The van der Waals surface area contributed by atoms with E-state index >= 15 is 0 Å². The second-order valence-corrected chi connectivity index (χ2v) is 8.32. The Morgan fingerprint density at radius 1 is 1.13 bits per heavy atom. The van der Waals surface area contributed by atoms with Crippen molar-refractivity contribution >= 4 is 17.0 Å². The van der Waals surface area contributed by atoms with Gasteiger partial charge in [0.2, 0.25) is 0 Å². The number of aliphatic hydroxyl groups excluding tert-OH is 1. The Morgan fingerprint density at radius 3 is 2.65 bits per heavy atom. The molecule has 31 heavy (non-hydrogen) atoms. The average Bonchev–Trinajstić information content (AvgIpc) is 3.42. The van der Waals surface area contributed by atoms with Crippen LogP contribution in [0.3, 0.4) is 0 Å². The van der Waals surface area contributed by atoms with E-state index in [1.54, 1.807) is 6.33 Å². The van der Waals surface area contributed by atoms with Gasteiger partial charge in [-0.1, -0.05) is 37.3 Å². The minimum Gasteiger partial charge on any atom is -0.394 e. The summed E-state index contributed by atoms with van der Waals surface area (Å²) < 4.78 is 20.1. The third-order valence-corrected chi connectivity index (χ3v) is 5.67.